The Morgan fingerprint density at radius 2 is 1.53 bits per heavy atom. The largest absolute Gasteiger partial charge is 0.323 e. The van der Waals surface area contributed by atoms with Gasteiger partial charge in [0, 0.05) is 11.5 Å². The van der Waals surface area contributed by atoms with E-state index in [1.54, 1.807) is 0 Å². The van der Waals surface area contributed by atoms with Gasteiger partial charge in [-0.15, -0.1) is 0 Å². The van der Waals surface area contributed by atoms with Crippen LogP contribution in [0, 0.1) is 28.8 Å². The summed E-state index contributed by atoms with van der Waals surface area (Å²) < 4.78 is 58.2. The molecule has 0 aromatic heterocycles. The molecule has 5 rings (SSSR count). The molecule has 0 amide bonds. The maximum absolute atomic E-state index is 13.5. The van der Waals surface area contributed by atoms with E-state index in [2.05, 4.69) is 13.0 Å². The number of halogens is 3. The highest BCUT2D eigenvalue weighted by atomic mass is 19.2. The summed E-state index contributed by atoms with van der Waals surface area (Å²) in [5.74, 6) is -4.30. The Balaban J connectivity index is 1.29. The van der Waals surface area contributed by atoms with Crippen molar-refractivity contribution in [2.75, 3.05) is 19.8 Å². The molecule has 4 fully saturated rings. The maximum atomic E-state index is 13.5. The number of unbranched alkanes of at least 4 members (excludes halogenated alkanes) is 2. The third-order valence-corrected chi connectivity index (χ3v) is 6.87. The average molecular weight is 425 g/mol. The van der Waals surface area contributed by atoms with Crippen molar-refractivity contribution in [3.63, 3.8) is 0 Å². The lowest BCUT2D eigenvalue weighted by molar-refractivity contribution is -0.444. The van der Waals surface area contributed by atoms with Crippen LogP contribution in [0.5, 0.6) is 0 Å². The minimum absolute atomic E-state index is 0.0114. The molecule has 1 aromatic rings. The van der Waals surface area contributed by atoms with Crippen molar-refractivity contribution < 1.29 is 27.4 Å². The number of fused-ring (bicyclic) bond motifs is 3. The minimum atomic E-state index is -1.40. The molecule has 30 heavy (non-hydrogen) atoms. The van der Waals surface area contributed by atoms with Crippen LogP contribution in [0.25, 0.3) is 0 Å². The molecular formula is C24H31F3O3. The van der Waals surface area contributed by atoms with Crippen molar-refractivity contribution in [1.29, 1.82) is 0 Å². The van der Waals surface area contributed by atoms with Crippen molar-refractivity contribution in [3.05, 3.63) is 47.3 Å². The molecule has 0 unspecified atom stereocenters. The summed E-state index contributed by atoms with van der Waals surface area (Å²) in [6.45, 7) is 4.18. The van der Waals surface area contributed by atoms with Crippen LogP contribution in [0.15, 0.2) is 24.3 Å². The van der Waals surface area contributed by atoms with Gasteiger partial charge < -0.3 is 14.2 Å². The summed E-state index contributed by atoms with van der Waals surface area (Å²) in [5, 5.41) is 0. The van der Waals surface area contributed by atoms with Crippen LogP contribution in [0.2, 0.25) is 0 Å². The van der Waals surface area contributed by atoms with Gasteiger partial charge in [0.25, 0.3) is 0 Å². The van der Waals surface area contributed by atoms with Gasteiger partial charge in [0.15, 0.2) is 17.5 Å². The van der Waals surface area contributed by atoms with E-state index in [1.807, 2.05) is 6.08 Å². The fraction of sp³-hybridized carbons (Fsp3) is 0.667. The van der Waals surface area contributed by atoms with Crippen molar-refractivity contribution in [3.8, 4) is 0 Å². The van der Waals surface area contributed by atoms with E-state index in [1.165, 1.54) is 19.3 Å². The molecule has 0 spiro atoms. The zero-order valence-corrected chi connectivity index (χ0v) is 17.6. The molecule has 1 saturated carbocycles. The van der Waals surface area contributed by atoms with Crippen LogP contribution < -0.4 is 0 Å². The van der Waals surface area contributed by atoms with Gasteiger partial charge >= 0.3 is 5.97 Å². The standard InChI is InChI=1S/C24H31F3O3/c1-2-3-4-10-23-14-28-24(29-15-23,30-16-23)11-9-17-5-7-18(8-6-17)19-12-20(25)22(27)21(26)13-19/h9,11-13,17-18H,2-8,10,14-16H2,1H3. The number of hydrogen-bond donors (Lipinski definition) is 0. The van der Waals surface area contributed by atoms with Gasteiger partial charge in [0.05, 0.1) is 19.8 Å². The summed E-state index contributed by atoms with van der Waals surface area (Å²) in [5.41, 5.74) is 0.532. The molecule has 0 N–H and O–H groups in total. The Hall–Kier alpha value is -1.37. The van der Waals surface area contributed by atoms with Crippen LogP contribution in [-0.4, -0.2) is 25.8 Å². The summed E-state index contributed by atoms with van der Waals surface area (Å²) in [6.07, 6.45) is 12.0. The van der Waals surface area contributed by atoms with Gasteiger partial charge in [-0.3, -0.25) is 0 Å². The Kier molecular flexibility index (Phi) is 6.56. The predicted octanol–water partition coefficient (Wildman–Crippen LogP) is 6.23. The monoisotopic (exact) mass is 424 g/mol. The summed E-state index contributed by atoms with van der Waals surface area (Å²) in [6, 6.07) is 2.26. The van der Waals surface area contributed by atoms with Crippen molar-refractivity contribution in [1.82, 2.24) is 0 Å². The van der Waals surface area contributed by atoms with E-state index in [-0.39, 0.29) is 11.3 Å². The smallest absolute Gasteiger partial charge is 0.304 e. The lowest BCUT2D eigenvalue weighted by Gasteiger charge is -2.51. The van der Waals surface area contributed by atoms with Gasteiger partial charge in [-0.2, -0.15) is 0 Å². The summed E-state index contributed by atoms with van der Waals surface area (Å²) >= 11 is 0. The molecule has 166 valence electrons. The Morgan fingerprint density at radius 3 is 2.10 bits per heavy atom. The molecule has 1 aliphatic carbocycles. The van der Waals surface area contributed by atoms with Gasteiger partial charge in [-0.05, 0) is 61.6 Å². The second kappa shape index (κ2) is 9.01. The first-order valence-corrected chi connectivity index (χ1v) is 11.2. The quantitative estimate of drug-likeness (QED) is 0.295. The van der Waals surface area contributed by atoms with E-state index in [9.17, 15) is 13.2 Å². The lowest BCUT2D eigenvalue weighted by atomic mass is 9.78. The molecule has 6 heteroatoms. The summed E-state index contributed by atoms with van der Waals surface area (Å²) in [7, 11) is 0. The minimum Gasteiger partial charge on any atom is -0.323 e. The molecule has 3 saturated heterocycles. The molecule has 0 atom stereocenters. The number of hydrogen-bond acceptors (Lipinski definition) is 3. The first-order valence-electron chi connectivity index (χ1n) is 11.2. The van der Waals surface area contributed by atoms with Crippen LogP contribution in [-0.2, 0) is 14.2 Å². The second-order valence-electron chi connectivity index (χ2n) is 9.20. The molecule has 3 nitrogen and oxygen atoms in total. The van der Waals surface area contributed by atoms with Gasteiger partial charge in [-0.1, -0.05) is 32.3 Å². The number of ether oxygens (including phenoxy) is 3. The number of allylic oxidation sites excluding steroid dienone is 1. The lowest BCUT2D eigenvalue weighted by Crippen LogP contribution is -2.59. The molecule has 4 aliphatic rings. The maximum Gasteiger partial charge on any atom is 0.304 e. The zero-order valence-electron chi connectivity index (χ0n) is 17.6. The molecular weight excluding hydrogens is 393 g/mol. The Morgan fingerprint density at radius 1 is 0.933 bits per heavy atom. The third kappa shape index (κ3) is 4.61. The SMILES string of the molecule is CCCCCC12COC(C=CC3CCC(c4cc(F)c(F)c(F)c4)CC3)(OC1)OC2. The molecule has 0 radical (unpaired) electrons. The fourth-order valence-electron chi connectivity index (χ4n) is 4.83. The second-order valence-corrected chi connectivity index (χ2v) is 9.20. The Bertz CT molecular complexity index is 723. The van der Waals surface area contributed by atoms with E-state index in [0.717, 1.165) is 44.2 Å². The number of benzene rings is 1. The van der Waals surface area contributed by atoms with E-state index in [4.69, 9.17) is 14.2 Å². The third-order valence-electron chi connectivity index (χ3n) is 6.87. The normalized spacial score (nSPS) is 34.0. The van der Waals surface area contributed by atoms with Crippen LogP contribution in [0.3, 0.4) is 0 Å². The first kappa shape index (κ1) is 21.8. The van der Waals surface area contributed by atoms with Crippen LogP contribution in [0.1, 0.15) is 69.8 Å². The van der Waals surface area contributed by atoms with Gasteiger partial charge in [0.1, 0.15) is 0 Å². The molecule has 3 heterocycles. The van der Waals surface area contributed by atoms with Crippen molar-refractivity contribution in [2.45, 2.75) is 70.2 Å². The van der Waals surface area contributed by atoms with Crippen molar-refractivity contribution >= 4 is 0 Å². The van der Waals surface area contributed by atoms with Crippen LogP contribution in [0.4, 0.5) is 13.2 Å². The van der Waals surface area contributed by atoms with E-state index >= 15 is 0 Å². The average Bonchev–Trinajstić information content (AvgIpc) is 2.78. The summed E-state index contributed by atoms with van der Waals surface area (Å²) in [4.78, 5) is 0. The molecule has 1 aromatic carbocycles. The van der Waals surface area contributed by atoms with E-state index in [0.29, 0.717) is 31.3 Å². The van der Waals surface area contributed by atoms with Gasteiger partial charge in [-0.25, -0.2) is 13.2 Å². The highest BCUT2D eigenvalue weighted by Crippen LogP contribution is 2.43. The van der Waals surface area contributed by atoms with Gasteiger partial charge in [0.2, 0.25) is 0 Å². The molecule has 3 aliphatic heterocycles. The molecule has 2 bridgehead atoms. The zero-order chi connectivity index (χ0) is 21.2. The van der Waals surface area contributed by atoms with Crippen LogP contribution >= 0.6 is 0 Å². The number of rotatable bonds is 7. The highest BCUT2D eigenvalue weighted by molar-refractivity contribution is 5.24. The highest BCUT2D eigenvalue weighted by Gasteiger charge is 2.51. The van der Waals surface area contributed by atoms with Crippen molar-refractivity contribution in [2.24, 2.45) is 11.3 Å². The first-order chi connectivity index (χ1) is 14.4. The Labute approximate surface area is 176 Å². The van der Waals surface area contributed by atoms with E-state index < -0.39 is 23.4 Å². The predicted molar refractivity (Wildman–Crippen MR) is 107 cm³/mol. The topological polar surface area (TPSA) is 27.7 Å². The fourth-order valence-corrected chi connectivity index (χ4v) is 4.83.